The molecular weight excluding hydrogens is 422 g/mol. The molecule has 1 aliphatic rings. The third-order valence-electron chi connectivity index (χ3n) is 4.99. The quantitative estimate of drug-likeness (QED) is 0.475. The molecular formula is C19H19N7O2S2. The van der Waals surface area contributed by atoms with E-state index in [1.54, 1.807) is 11.8 Å². The van der Waals surface area contributed by atoms with Crippen LogP contribution in [0.25, 0.3) is 16.0 Å². The van der Waals surface area contributed by atoms with Gasteiger partial charge in [-0.05, 0) is 37.3 Å². The Morgan fingerprint density at radius 3 is 2.93 bits per heavy atom. The van der Waals surface area contributed by atoms with Crippen molar-refractivity contribution in [3.8, 4) is 0 Å². The fraction of sp³-hybridized carbons (Fsp3) is 0.316. The van der Waals surface area contributed by atoms with Gasteiger partial charge in [-0.1, -0.05) is 17.4 Å². The number of amides is 1. The minimum Gasteiger partial charge on any atom is -0.348 e. The maximum Gasteiger partial charge on any atom is 0.352 e. The number of rotatable bonds is 5. The van der Waals surface area contributed by atoms with Gasteiger partial charge in [0, 0.05) is 23.7 Å². The fourth-order valence-corrected chi connectivity index (χ4v) is 5.02. The molecule has 9 nitrogen and oxygen atoms in total. The van der Waals surface area contributed by atoms with Gasteiger partial charge in [0.25, 0.3) is 0 Å². The number of nitrogens with one attached hydrogen (secondary N) is 1. The summed E-state index contributed by atoms with van der Waals surface area (Å²) < 4.78 is 3.29. The van der Waals surface area contributed by atoms with Gasteiger partial charge in [0.05, 0.1) is 0 Å². The highest BCUT2D eigenvalue weighted by Gasteiger charge is 2.20. The van der Waals surface area contributed by atoms with Gasteiger partial charge in [0.15, 0.2) is 16.4 Å². The highest BCUT2D eigenvalue weighted by Crippen LogP contribution is 2.31. The Labute approximate surface area is 179 Å². The monoisotopic (exact) mass is 441 g/mol. The van der Waals surface area contributed by atoms with Crippen molar-refractivity contribution < 1.29 is 4.79 Å². The Morgan fingerprint density at radius 2 is 2.13 bits per heavy atom. The summed E-state index contributed by atoms with van der Waals surface area (Å²) in [6.45, 7) is 1.79. The zero-order chi connectivity index (χ0) is 20.7. The molecule has 1 fully saturated rings. The lowest BCUT2D eigenvalue weighted by Crippen LogP contribution is -2.28. The zero-order valence-electron chi connectivity index (χ0n) is 16.2. The van der Waals surface area contributed by atoms with Crippen molar-refractivity contribution in [2.24, 2.45) is 0 Å². The van der Waals surface area contributed by atoms with E-state index in [0.717, 1.165) is 40.7 Å². The molecule has 0 atom stereocenters. The molecule has 0 unspecified atom stereocenters. The normalized spacial score (nSPS) is 14.1. The maximum atomic E-state index is 12.7. The molecule has 1 saturated heterocycles. The highest BCUT2D eigenvalue weighted by molar-refractivity contribution is 7.98. The molecule has 4 heterocycles. The summed E-state index contributed by atoms with van der Waals surface area (Å²) in [6, 6.07) is 7.55. The molecule has 1 amide bonds. The van der Waals surface area contributed by atoms with Crippen molar-refractivity contribution in [3.05, 3.63) is 41.1 Å². The molecule has 0 spiro atoms. The Hall–Kier alpha value is -2.92. The molecule has 1 aliphatic heterocycles. The van der Waals surface area contributed by atoms with Gasteiger partial charge in [-0.25, -0.2) is 18.9 Å². The lowest BCUT2D eigenvalue weighted by molar-refractivity contribution is -0.117. The summed E-state index contributed by atoms with van der Waals surface area (Å²) >= 11 is 3.08. The van der Waals surface area contributed by atoms with E-state index in [9.17, 15) is 9.59 Å². The van der Waals surface area contributed by atoms with Gasteiger partial charge in [0.1, 0.15) is 17.6 Å². The first kappa shape index (κ1) is 19.1. The topological polar surface area (TPSA) is 97.4 Å². The van der Waals surface area contributed by atoms with Crippen LogP contribution in [0.4, 0.5) is 10.8 Å². The van der Waals surface area contributed by atoms with E-state index in [2.05, 4.69) is 25.3 Å². The van der Waals surface area contributed by atoms with E-state index in [-0.39, 0.29) is 12.5 Å². The Morgan fingerprint density at radius 1 is 1.30 bits per heavy atom. The summed E-state index contributed by atoms with van der Waals surface area (Å²) in [5.41, 5.74) is 1.34. The van der Waals surface area contributed by atoms with Gasteiger partial charge in [-0.15, -0.1) is 16.9 Å². The molecule has 11 heteroatoms. The standard InChI is InChI=1S/C19H19N7O2S2/c1-29-13-6-4-5-12(9-13)21-14(27)10-26-19(28)25-11-20-16-15(17(25)23-26)30-18(22-16)24-7-2-3-8-24/h4-6,9,11H,2-3,7-8,10H2,1H3,(H,21,27). The first-order chi connectivity index (χ1) is 14.6. The number of anilines is 2. The van der Waals surface area contributed by atoms with Crippen LogP contribution in [0.3, 0.4) is 0 Å². The molecule has 3 aromatic heterocycles. The van der Waals surface area contributed by atoms with Crippen LogP contribution in [0.2, 0.25) is 0 Å². The highest BCUT2D eigenvalue weighted by atomic mass is 32.2. The minimum absolute atomic E-state index is 0.177. The SMILES string of the molecule is CSc1cccc(NC(=O)Cn2nc3c4sc(N5CCCC5)nc4ncn3c2=O)c1. The first-order valence-electron chi connectivity index (χ1n) is 9.56. The van der Waals surface area contributed by atoms with Gasteiger partial charge in [-0.2, -0.15) is 4.98 Å². The summed E-state index contributed by atoms with van der Waals surface area (Å²) in [6.07, 6.45) is 5.71. The zero-order valence-corrected chi connectivity index (χ0v) is 17.9. The summed E-state index contributed by atoms with van der Waals surface area (Å²) in [5.74, 6) is -0.315. The van der Waals surface area contributed by atoms with Crippen LogP contribution in [0.15, 0.2) is 40.3 Å². The second-order valence-corrected chi connectivity index (χ2v) is 8.86. The Bertz CT molecular complexity index is 1300. The second kappa shape index (κ2) is 7.73. The summed E-state index contributed by atoms with van der Waals surface area (Å²) in [5, 5.41) is 8.13. The Balaban J connectivity index is 1.44. The number of thioether (sulfide) groups is 1. The van der Waals surface area contributed by atoms with Crippen LogP contribution in [0, 0.1) is 0 Å². The molecule has 4 aromatic rings. The molecule has 0 radical (unpaired) electrons. The molecule has 154 valence electrons. The molecule has 30 heavy (non-hydrogen) atoms. The number of aromatic nitrogens is 5. The van der Waals surface area contributed by atoms with Gasteiger partial charge >= 0.3 is 5.69 Å². The van der Waals surface area contributed by atoms with E-state index in [1.165, 1.54) is 26.7 Å². The van der Waals surface area contributed by atoms with E-state index in [4.69, 9.17) is 0 Å². The number of carbonyl (C=O) groups is 1. The number of hydrogen-bond acceptors (Lipinski definition) is 8. The van der Waals surface area contributed by atoms with E-state index < -0.39 is 5.69 Å². The summed E-state index contributed by atoms with van der Waals surface area (Å²) in [4.78, 5) is 37.4. The van der Waals surface area contributed by atoms with E-state index in [0.29, 0.717) is 17.0 Å². The third kappa shape index (κ3) is 3.43. The molecule has 1 aromatic carbocycles. The lowest BCUT2D eigenvalue weighted by Gasteiger charge is -2.11. The van der Waals surface area contributed by atoms with Crippen LogP contribution in [0.5, 0.6) is 0 Å². The van der Waals surface area contributed by atoms with Crippen LogP contribution in [-0.2, 0) is 11.3 Å². The number of nitrogens with zero attached hydrogens (tertiary/aromatic N) is 6. The number of hydrogen-bond donors (Lipinski definition) is 1. The number of carbonyl (C=O) groups excluding carboxylic acids is 1. The third-order valence-corrected chi connectivity index (χ3v) is 6.82. The average molecular weight is 442 g/mol. The van der Waals surface area contributed by atoms with Crippen LogP contribution in [-0.4, -0.2) is 49.4 Å². The molecule has 0 saturated carbocycles. The maximum absolute atomic E-state index is 12.7. The van der Waals surface area contributed by atoms with Gasteiger partial charge in [0.2, 0.25) is 5.91 Å². The minimum atomic E-state index is -0.400. The smallest absolute Gasteiger partial charge is 0.348 e. The van der Waals surface area contributed by atoms with Crippen LogP contribution >= 0.6 is 23.1 Å². The van der Waals surface area contributed by atoms with Crippen LogP contribution < -0.4 is 15.9 Å². The molecule has 1 N–H and O–H groups in total. The first-order valence-corrected chi connectivity index (χ1v) is 11.6. The largest absolute Gasteiger partial charge is 0.352 e. The fourth-order valence-electron chi connectivity index (χ4n) is 3.51. The van der Waals surface area contributed by atoms with Crippen molar-refractivity contribution in [2.45, 2.75) is 24.3 Å². The predicted octanol–water partition coefficient (Wildman–Crippen LogP) is 2.46. The van der Waals surface area contributed by atoms with Crippen molar-refractivity contribution >= 4 is 55.8 Å². The predicted molar refractivity (Wildman–Crippen MR) is 119 cm³/mol. The average Bonchev–Trinajstić information content (AvgIpc) is 3.47. The van der Waals surface area contributed by atoms with Gasteiger partial charge in [-0.3, -0.25) is 4.79 Å². The van der Waals surface area contributed by atoms with Crippen LogP contribution in [0.1, 0.15) is 12.8 Å². The summed E-state index contributed by atoms with van der Waals surface area (Å²) in [7, 11) is 0. The van der Waals surface area contributed by atoms with Crippen molar-refractivity contribution in [3.63, 3.8) is 0 Å². The number of thiazole rings is 1. The number of fused-ring (bicyclic) bond motifs is 3. The molecule has 0 aliphatic carbocycles. The Kier molecular flexibility index (Phi) is 4.91. The van der Waals surface area contributed by atoms with E-state index >= 15 is 0 Å². The van der Waals surface area contributed by atoms with Gasteiger partial charge < -0.3 is 10.2 Å². The van der Waals surface area contributed by atoms with E-state index in [1.807, 2.05) is 30.5 Å². The number of benzene rings is 1. The van der Waals surface area contributed by atoms with Crippen molar-refractivity contribution in [1.29, 1.82) is 0 Å². The molecule has 5 rings (SSSR count). The van der Waals surface area contributed by atoms with Crippen molar-refractivity contribution in [1.82, 2.24) is 24.1 Å². The molecule has 0 bridgehead atoms. The van der Waals surface area contributed by atoms with Crippen molar-refractivity contribution in [2.75, 3.05) is 29.6 Å². The second-order valence-electron chi connectivity index (χ2n) is 7.00. The lowest BCUT2D eigenvalue weighted by atomic mass is 10.3.